The molecule has 2 amide bonds. The summed E-state index contributed by atoms with van der Waals surface area (Å²) in [6.07, 6.45) is -4.06. The highest BCUT2D eigenvalue weighted by atomic mass is 19.4. The van der Waals surface area contributed by atoms with Crippen LogP contribution >= 0.6 is 0 Å². The summed E-state index contributed by atoms with van der Waals surface area (Å²) in [5.74, 6) is -6.80. The molecule has 218 valence electrons. The van der Waals surface area contributed by atoms with E-state index >= 15 is 0 Å². The Bertz CT molecular complexity index is 1520. The maximum atomic E-state index is 14.8. The Morgan fingerprint density at radius 3 is 2.37 bits per heavy atom. The van der Waals surface area contributed by atoms with Gasteiger partial charge in [-0.15, -0.1) is 0 Å². The molecule has 2 heterocycles. The zero-order chi connectivity index (χ0) is 29.6. The standard InChI is InChI=1S/C27H24F7N5O2/c28-17-11-19(30)18(29)9-15(17)7-16(35)10-23(40)38-5-6-39-22(12-38)24(37-26(39)27(32,33)34)14-3-4-21(20(31)8-14)36-25(41)13-1-2-13/h3-4,8-9,11,13,16H,1-2,5-7,10,12,35H2,(H,36,41)/t16-/m1/s1. The number of nitrogens with two attached hydrogens (primary N) is 1. The van der Waals surface area contributed by atoms with E-state index in [1.165, 1.54) is 17.0 Å². The third-order valence-electron chi connectivity index (χ3n) is 7.07. The molecule has 0 unspecified atom stereocenters. The van der Waals surface area contributed by atoms with Crippen LogP contribution < -0.4 is 11.1 Å². The fourth-order valence-electron chi connectivity index (χ4n) is 4.80. The average Bonchev–Trinajstić information content (AvgIpc) is 3.67. The SMILES string of the molecule is N[C@@H](CC(=O)N1CCn2c(C(F)(F)F)nc(-c3ccc(NC(=O)C4CC4)c(F)c3)c2C1)Cc1cc(F)c(F)cc1F. The highest BCUT2D eigenvalue weighted by Gasteiger charge is 2.41. The molecule has 7 nitrogen and oxygen atoms in total. The number of rotatable bonds is 7. The van der Waals surface area contributed by atoms with Gasteiger partial charge < -0.3 is 20.5 Å². The molecule has 1 aliphatic carbocycles. The number of hydrogen-bond donors (Lipinski definition) is 2. The number of nitrogens with zero attached hydrogens (tertiary/aromatic N) is 3. The lowest BCUT2D eigenvalue weighted by atomic mass is 10.0. The largest absolute Gasteiger partial charge is 0.449 e. The number of carbonyl (C=O) groups excluding carboxylic acids is 2. The van der Waals surface area contributed by atoms with Crippen LogP contribution in [0.3, 0.4) is 0 Å². The fourth-order valence-corrected chi connectivity index (χ4v) is 4.80. The Morgan fingerprint density at radius 2 is 1.71 bits per heavy atom. The first kappa shape index (κ1) is 28.6. The van der Waals surface area contributed by atoms with Crippen molar-refractivity contribution in [1.29, 1.82) is 0 Å². The Balaban J connectivity index is 1.36. The van der Waals surface area contributed by atoms with Gasteiger partial charge in [0, 0.05) is 43.1 Å². The van der Waals surface area contributed by atoms with E-state index < -0.39 is 47.2 Å². The summed E-state index contributed by atoms with van der Waals surface area (Å²) in [4.78, 5) is 30.0. The van der Waals surface area contributed by atoms with E-state index in [0.717, 1.165) is 10.6 Å². The number of anilines is 1. The van der Waals surface area contributed by atoms with Crippen molar-refractivity contribution in [3.63, 3.8) is 0 Å². The molecule has 3 N–H and O–H groups in total. The Morgan fingerprint density at radius 1 is 1.00 bits per heavy atom. The smallest absolute Gasteiger partial charge is 0.335 e. The average molecular weight is 584 g/mol. The zero-order valence-corrected chi connectivity index (χ0v) is 21.4. The van der Waals surface area contributed by atoms with E-state index in [4.69, 9.17) is 5.73 Å². The van der Waals surface area contributed by atoms with E-state index in [2.05, 4.69) is 10.3 Å². The van der Waals surface area contributed by atoms with E-state index in [9.17, 15) is 40.3 Å². The van der Waals surface area contributed by atoms with Gasteiger partial charge in [-0.2, -0.15) is 13.2 Å². The molecule has 1 saturated carbocycles. The second-order valence-electron chi connectivity index (χ2n) is 10.2. The van der Waals surface area contributed by atoms with Crippen LogP contribution in [-0.2, 0) is 35.3 Å². The van der Waals surface area contributed by atoms with Gasteiger partial charge in [0.2, 0.25) is 17.6 Å². The first-order valence-electron chi connectivity index (χ1n) is 12.8. The Hall–Kier alpha value is -3.94. The summed E-state index contributed by atoms with van der Waals surface area (Å²) in [5, 5.41) is 2.46. The lowest BCUT2D eigenvalue weighted by molar-refractivity contribution is -0.148. The summed E-state index contributed by atoms with van der Waals surface area (Å²) in [6.45, 7) is -0.670. The molecule has 1 aromatic heterocycles. The van der Waals surface area contributed by atoms with Crippen molar-refractivity contribution in [2.75, 3.05) is 11.9 Å². The zero-order valence-electron chi connectivity index (χ0n) is 21.4. The fraction of sp³-hybridized carbons (Fsp3) is 0.370. The highest BCUT2D eigenvalue weighted by Crippen LogP contribution is 2.37. The van der Waals surface area contributed by atoms with Crippen molar-refractivity contribution >= 4 is 17.5 Å². The quantitative estimate of drug-likeness (QED) is 0.310. The minimum Gasteiger partial charge on any atom is -0.335 e. The minimum absolute atomic E-state index is 0.0194. The van der Waals surface area contributed by atoms with Crippen molar-refractivity contribution in [1.82, 2.24) is 14.5 Å². The predicted octanol–water partition coefficient (Wildman–Crippen LogP) is 4.78. The molecular weight excluding hydrogens is 559 g/mol. The van der Waals surface area contributed by atoms with Gasteiger partial charge in [0.25, 0.3) is 0 Å². The number of aromatic nitrogens is 2. The normalized spacial score (nSPS) is 16.0. The molecule has 0 bridgehead atoms. The predicted molar refractivity (Wildman–Crippen MR) is 132 cm³/mol. The summed E-state index contributed by atoms with van der Waals surface area (Å²) in [7, 11) is 0. The number of imidazole rings is 1. The molecule has 0 radical (unpaired) electrons. The highest BCUT2D eigenvalue weighted by molar-refractivity contribution is 5.94. The van der Waals surface area contributed by atoms with Gasteiger partial charge in [0.05, 0.1) is 23.6 Å². The van der Waals surface area contributed by atoms with Gasteiger partial charge in [0.15, 0.2) is 11.6 Å². The maximum absolute atomic E-state index is 14.8. The molecule has 41 heavy (non-hydrogen) atoms. The van der Waals surface area contributed by atoms with Crippen LogP contribution in [0.5, 0.6) is 0 Å². The van der Waals surface area contributed by atoms with Gasteiger partial charge in [-0.1, -0.05) is 6.07 Å². The molecule has 14 heteroatoms. The number of nitrogens with one attached hydrogen (secondary N) is 1. The van der Waals surface area contributed by atoms with Gasteiger partial charge >= 0.3 is 6.18 Å². The molecule has 2 aliphatic rings. The van der Waals surface area contributed by atoms with Crippen LogP contribution in [0.15, 0.2) is 30.3 Å². The van der Waals surface area contributed by atoms with Crippen molar-refractivity contribution in [2.45, 2.75) is 51.0 Å². The lowest BCUT2D eigenvalue weighted by Crippen LogP contribution is -2.42. The van der Waals surface area contributed by atoms with Crippen LogP contribution in [-0.4, -0.2) is 38.9 Å². The Kier molecular flexibility index (Phi) is 7.53. The molecular formula is C27H24F7N5O2. The number of hydrogen-bond acceptors (Lipinski definition) is 4. The van der Waals surface area contributed by atoms with E-state index in [0.29, 0.717) is 25.0 Å². The third-order valence-corrected chi connectivity index (χ3v) is 7.07. The maximum Gasteiger partial charge on any atom is 0.449 e. The number of halogens is 7. The summed E-state index contributed by atoms with van der Waals surface area (Å²) in [5.41, 5.74) is 5.49. The van der Waals surface area contributed by atoms with Gasteiger partial charge in [-0.05, 0) is 43.0 Å². The number of benzene rings is 2. The second kappa shape index (κ2) is 10.8. The first-order valence-corrected chi connectivity index (χ1v) is 12.8. The molecule has 1 fully saturated rings. The van der Waals surface area contributed by atoms with Gasteiger partial charge in [0.1, 0.15) is 11.6 Å². The van der Waals surface area contributed by atoms with Crippen molar-refractivity contribution < 1.29 is 40.3 Å². The van der Waals surface area contributed by atoms with Crippen molar-refractivity contribution in [3.8, 4) is 11.3 Å². The molecule has 0 spiro atoms. The molecule has 5 rings (SSSR count). The van der Waals surface area contributed by atoms with E-state index in [-0.39, 0.29) is 72.5 Å². The van der Waals surface area contributed by atoms with Crippen LogP contribution in [0, 0.1) is 29.2 Å². The minimum atomic E-state index is -4.83. The van der Waals surface area contributed by atoms with Crippen LogP contribution in [0.1, 0.15) is 36.3 Å². The Labute approximate surface area is 229 Å². The van der Waals surface area contributed by atoms with Crippen LogP contribution in [0.4, 0.5) is 36.4 Å². The molecule has 0 saturated heterocycles. The van der Waals surface area contributed by atoms with Gasteiger partial charge in [-0.25, -0.2) is 22.5 Å². The van der Waals surface area contributed by atoms with Crippen LogP contribution in [0.25, 0.3) is 11.3 Å². The molecule has 1 atom stereocenters. The molecule has 1 aliphatic heterocycles. The van der Waals surface area contributed by atoms with Crippen LogP contribution in [0.2, 0.25) is 0 Å². The lowest BCUT2D eigenvalue weighted by Gasteiger charge is -2.30. The second-order valence-corrected chi connectivity index (χ2v) is 10.2. The summed E-state index contributed by atoms with van der Waals surface area (Å²) in [6, 6.07) is 3.58. The summed E-state index contributed by atoms with van der Waals surface area (Å²) >= 11 is 0. The first-order chi connectivity index (χ1) is 19.3. The number of fused-ring (bicyclic) bond motifs is 1. The summed E-state index contributed by atoms with van der Waals surface area (Å²) < 4.78 is 97.9. The van der Waals surface area contributed by atoms with Crippen molar-refractivity contribution in [3.05, 3.63) is 70.7 Å². The van der Waals surface area contributed by atoms with Crippen molar-refractivity contribution in [2.24, 2.45) is 11.7 Å². The topological polar surface area (TPSA) is 93.2 Å². The number of alkyl halides is 3. The monoisotopic (exact) mass is 583 g/mol. The molecule has 2 aromatic carbocycles. The van der Waals surface area contributed by atoms with Gasteiger partial charge in [-0.3, -0.25) is 9.59 Å². The number of carbonyl (C=O) groups is 2. The van der Waals surface area contributed by atoms with E-state index in [1.807, 2.05) is 0 Å². The third kappa shape index (κ3) is 6.06. The molecule has 3 aromatic rings. The van der Waals surface area contributed by atoms with E-state index in [1.54, 1.807) is 0 Å². The number of amides is 2.